The van der Waals surface area contributed by atoms with Crippen molar-refractivity contribution in [3.63, 3.8) is 0 Å². The van der Waals surface area contributed by atoms with Crippen molar-refractivity contribution < 1.29 is 9.53 Å². The molecular formula is C10H21N3O2. The number of amides is 1. The molecule has 0 aromatic carbocycles. The van der Waals surface area contributed by atoms with Gasteiger partial charge in [-0.3, -0.25) is 4.79 Å². The molecule has 1 aliphatic rings. The van der Waals surface area contributed by atoms with Crippen LogP contribution < -0.4 is 11.1 Å². The molecule has 0 spiro atoms. The van der Waals surface area contributed by atoms with Gasteiger partial charge in [-0.15, -0.1) is 0 Å². The number of hydrogen-bond acceptors (Lipinski definition) is 4. The number of morpholine rings is 1. The molecule has 1 aliphatic heterocycles. The lowest BCUT2D eigenvalue weighted by Gasteiger charge is -2.26. The summed E-state index contributed by atoms with van der Waals surface area (Å²) in [6.45, 7) is 5.16. The minimum atomic E-state index is 0.221. The first-order valence-corrected chi connectivity index (χ1v) is 5.61. The number of ether oxygens (including phenoxy) is 1. The van der Waals surface area contributed by atoms with Gasteiger partial charge in [-0.05, 0) is 19.5 Å². The van der Waals surface area contributed by atoms with Gasteiger partial charge >= 0.3 is 0 Å². The van der Waals surface area contributed by atoms with Crippen LogP contribution in [0.1, 0.15) is 12.8 Å². The van der Waals surface area contributed by atoms with E-state index in [9.17, 15) is 4.79 Å². The first kappa shape index (κ1) is 12.4. The third-order valence-electron chi connectivity index (χ3n) is 2.44. The molecule has 3 N–H and O–H groups in total. The zero-order chi connectivity index (χ0) is 10.9. The molecule has 0 atom stereocenters. The minimum Gasteiger partial charge on any atom is -0.378 e. The number of hydrogen-bond donors (Lipinski definition) is 2. The highest BCUT2D eigenvalue weighted by Crippen LogP contribution is 1.99. The third-order valence-corrected chi connectivity index (χ3v) is 2.44. The Balaban J connectivity index is 2.02. The first-order chi connectivity index (χ1) is 7.34. The molecule has 0 aliphatic carbocycles. The summed E-state index contributed by atoms with van der Waals surface area (Å²) < 4.78 is 5.18. The summed E-state index contributed by atoms with van der Waals surface area (Å²) in [6, 6.07) is 0. The molecule has 5 nitrogen and oxygen atoms in total. The quantitative estimate of drug-likeness (QED) is 0.568. The van der Waals surface area contributed by atoms with Crippen molar-refractivity contribution in [2.24, 2.45) is 5.73 Å². The standard InChI is InChI=1S/C10H21N3O2/c11-3-1-4-12-5-2-10(14)13-6-8-15-9-7-13/h12H,1-9,11H2. The number of nitrogens with one attached hydrogen (secondary N) is 1. The SMILES string of the molecule is NCCCNCCC(=O)N1CCOCC1. The second kappa shape index (κ2) is 7.62. The molecule has 0 aromatic heterocycles. The van der Waals surface area contributed by atoms with Crippen LogP contribution in [0.2, 0.25) is 0 Å². The average molecular weight is 215 g/mol. The molecule has 1 amide bonds. The number of carbonyl (C=O) groups excluding carboxylic acids is 1. The zero-order valence-corrected chi connectivity index (χ0v) is 9.21. The van der Waals surface area contributed by atoms with Crippen molar-refractivity contribution in [3.05, 3.63) is 0 Å². The normalized spacial score (nSPS) is 16.7. The zero-order valence-electron chi connectivity index (χ0n) is 9.21. The highest BCUT2D eigenvalue weighted by atomic mass is 16.5. The third kappa shape index (κ3) is 5.11. The van der Waals surface area contributed by atoms with Crippen LogP contribution in [-0.4, -0.2) is 56.7 Å². The van der Waals surface area contributed by atoms with E-state index in [1.807, 2.05) is 4.90 Å². The Kier molecular flexibility index (Phi) is 6.31. The molecule has 1 saturated heterocycles. The van der Waals surface area contributed by atoms with Gasteiger partial charge in [0.1, 0.15) is 0 Å². The van der Waals surface area contributed by atoms with Crippen LogP contribution in [0.25, 0.3) is 0 Å². The van der Waals surface area contributed by atoms with Gasteiger partial charge in [0.05, 0.1) is 13.2 Å². The monoisotopic (exact) mass is 215 g/mol. The van der Waals surface area contributed by atoms with Gasteiger partial charge in [-0.25, -0.2) is 0 Å². The molecule has 0 radical (unpaired) electrons. The van der Waals surface area contributed by atoms with Gasteiger partial charge in [0.15, 0.2) is 0 Å². The summed E-state index contributed by atoms with van der Waals surface area (Å²) in [5.74, 6) is 0.221. The number of rotatable bonds is 6. The maximum Gasteiger partial charge on any atom is 0.224 e. The lowest BCUT2D eigenvalue weighted by molar-refractivity contribution is -0.135. The van der Waals surface area contributed by atoms with E-state index in [0.717, 1.165) is 32.6 Å². The highest BCUT2D eigenvalue weighted by Gasteiger charge is 2.15. The van der Waals surface area contributed by atoms with Crippen molar-refractivity contribution in [3.8, 4) is 0 Å². The predicted octanol–water partition coefficient (Wildman–Crippen LogP) is -0.826. The minimum absolute atomic E-state index is 0.221. The first-order valence-electron chi connectivity index (χ1n) is 5.61. The van der Waals surface area contributed by atoms with E-state index >= 15 is 0 Å². The van der Waals surface area contributed by atoms with Gasteiger partial charge < -0.3 is 20.7 Å². The maximum atomic E-state index is 11.6. The molecule has 15 heavy (non-hydrogen) atoms. The Hall–Kier alpha value is -0.650. The smallest absolute Gasteiger partial charge is 0.224 e. The predicted molar refractivity (Wildman–Crippen MR) is 58.6 cm³/mol. The van der Waals surface area contributed by atoms with Gasteiger partial charge in [0.25, 0.3) is 0 Å². The molecule has 0 aromatic rings. The van der Waals surface area contributed by atoms with E-state index in [-0.39, 0.29) is 5.91 Å². The van der Waals surface area contributed by atoms with Gasteiger partial charge in [-0.1, -0.05) is 0 Å². The largest absolute Gasteiger partial charge is 0.378 e. The molecule has 0 bridgehead atoms. The fourth-order valence-corrected chi connectivity index (χ4v) is 1.52. The van der Waals surface area contributed by atoms with E-state index in [1.54, 1.807) is 0 Å². The van der Waals surface area contributed by atoms with Crippen molar-refractivity contribution >= 4 is 5.91 Å². The Bertz CT molecular complexity index is 182. The van der Waals surface area contributed by atoms with Crippen LogP contribution in [0.5, 0.6) is 0 Å². The molecule has 1 heterocycles. The maximum absolute atomic E-state index is 11.6. The number of carbonyl (C=O) groups is 1. The summed E-state index contributed by atoms with van der Waals surface area (Å²) in [7, 11) is 0. The summed E-state index contributed by atoms with van der Waals surface area (Å²) in [5, 5.41) is 3.20. The molecule has 0 unspecified atom stereocenters. The molecule has 1 fully saturated rings. The Morgan fingerprint density at radius 3 is 2.73 bits per heavy atom. The van der Waals surface area contributed by atoms with E-state index in [0.29, 0.717) is 26.2 Å². The van der Waals surface area contributed by atoms with Gasteiger partial charge in [0.2, 0.25) is 5.91 Å². The van der Waals surface area contributed by atoms with Crippen molar-refractivity contribution in [1.82, 2.24) is 10.2 Å². The molecule has 0 saturated carbocycles. The lowest BCUT2D eigenvalue weighted by Crippen LogP contribution is -2.41. The molecule has 88 valence electrons. The van der Waals surface area contributed by atoms with E-state index in [4.69, 9.17) is 10.5 Å². The molecule has 1 rings (SSSR count). The molecular weight excluding hydrogens is 194 g/mol. The summed E-state index contributed by atoms with van der Waals surface area (Å²) in [4.78, 5) is 13.5. The van der Waals surface area contributed by atoms with E-state index < -0.39 is 0 Å². The van der Waals surface area contributed by atoms with Crippen LogP contribution in [0.3, 0.4) is 0 Å². The number of nitrogens with zero attached hydrogens (tertiary/aromatic N) is 1. The van der Waals surface area contributed by atoms with Crippen LogP contribution in [0.4, 0.5) is 0 Å². The fourth-order valence-electron chi connectivity index (χ4n) is 1.52. The van der Waals surface area contributed by atoms with Crippen LogP contribution >= 0.6 is 0 Å². The van der Waals surface area contributed by atoms with Crippen molar-refractivity contribution in [2.75, 3.05) is 45.9 Å². The van der Waals surface area contributed by atoms with Crippen molar-refractivity contribution in [1.29, 1.82) is 0 Å². The Morgan fingerprint density at radius 1 is 1.33 bits per heavy atom. The highest BCUT2D eigenvalue weighted by molar-refractivity contribution is 5.76. The van der Waals surface area contributed by atoms with Gasteiger partial charge in [-0.2, -0.15) is 0 Å². The summed E-state index contributed by atoms with van der Waals surface area (Å²) in [5.41, 5.74) is 5.36. The Labute approximate surface area is 90.9 Å². The van der Waals surface area contributed by atoms with Crippen LogP contribution in [0, 0.1) is 0 Å². The van der Waals surface area contributed by atoms with Crippen LogP contribution in [-0.2, 0) is 9.53 Å². The Morgan fingerprint density at radius 2 is 2.07 bits per heavy atom. The summed E-state index contributed by atoms with van der Waals surface area (Å²) >= 11 is 0. The average Bonchev–Trinajstić information content (AvgIpc) is 2.30. The van der Waals surface area contributed by atoms with E-state index in [1.165, 1.54) is 0 Å². The van der Waals surface area contributed by atoms with E-state index in [2.05, 4.69) is 5.32 Å². The topological polar surface area (TPSA) is 67.6 Å². The summed E-state index contributed by atoms with van der Waals surface area (Å²) in [6.07, 6.45) is 1.54. The van der Waals surface area contributed by atoms with Gasteiger partial charge in [0, 0.05) is 26.1 Å². The molecule has 5 heteroatoms. The number of nitrogens with two attached hydrogens (primary N) is 1. The second-order valence-electron chi connectivity index (χ2n) is 3.64. The van der Waals surface area contributed by atoms with Crippen LogP contribution in [0.15, 0.2) is 0 Å². The van der Waals surface area contributed by atoms with Crippen molar-refractivity contribution in [2.45, 2.75) is 12.8 Å². The second-order valence-corrected chi connectivity index (χ2v) is 3.64. The fraction of sp³-hybridized carbons (Fsp3) is 0.900. The lowest BCUT2D eigenvalue weighted by atomic mass is 10.3.